The SMILES string of the molecule is C[C@@H](C(=O)Nc1ccc(Cl)cc1)C1CCC(c2ccnc3ccc([18F])cc23)CC1.C[C@@H](C(=O)Nc1ccc(Cl)cc1)C1CCC(c2ccnc3ccc([18F])cc23)CC1.C[C@H](C(=O)Nc1ccc(Cl)cc1)C1CCC(c2ccnc3ccc([18F])cc23)CC1.C[C@H](C(=O)Nc1ccc(Cl)cc1)C1CCC(c2ccnc3ccc([18F])cc23)CC1.[HH].[HH].[HH].[HH]. The van der Waals surface area contributed by atoms with Gasteiger partial charge in [-0.15, -0.1) is 0 Å². The molecule has 608 valence electrons. The minimum absolute atomic E-state index is 0. The van der Waals surface area contributed by atoms with Gasteiger partial charge in [-0.1, -0.05) is 74.1 Å². The van der Waals surface area contributed by atoms with E-state index < -0.39 is 0 Å². The molecule has 0 bridgehead atoms. The Bertz CT molecular complexity index is 4740. The number of aromatic nitrogens is 4. The second-order valence-corrected chi connectivity index (χ2v) is 33.6. The van der Waals surface area contributed by atoms with E-state index in [0.717, 1.165) is 169 Å². The highest BCUT2D eigenvalue weighted by Gasteiger charge is 2.35. The van der Waals surface area contributed by atoms with Crippen LogP contribution < -0.4 is 21.3 Å². The highest BCUT2D eigenvalue weighted by Crippen LogP contribution is 2.46. The summed E-state index contributed by atoms with van der Waals surface area (Å²) < 4.78 is 55.0. The van der Waals surface area contributed by atoms with Crippen LogP contribution in [0.1, 0.15) is 182 Å². The van der Waals surface area contributed by atoms with Crippen LogP contribution in [0.25, 0.3) is 43.6 Å². The molecule has 12 aromatic rings. The minimum atomic E-state index is -0.229. The van der Waals surface area contributed by atoms with E-state index in [1.165, 1.54) is 46.5 Å². The summed E-state index contributed by atoms with van der Waals surface area (Å²) in [5.41, 5.74) is 11.1. The summed E-state index contributed by atoms with van der Waals surface area (Å²) in [5.74, 6) is 1.97. The molecular weight excluding hydrogens is 1540 g/mol. The number of nitrogens with one attached hydrogen (secondary N) is 4. The number of hydrogen-bond acceptors (Lipinski definition) is 8. The molecule has 4 aliphatic rings. The number of benzene rings is 8. The Morgan fingerprint density at radius 3 is 0.647 bits per heavy atom. The molecule has 4 saturated carbocycles. The second kappa shape index (κ2) is 39.4. The van der Waals surface area contributed by atoms with Crippen LogP contribution in [0.2, 0.25) is 20.1 Å². The molecule has 0 unspecified atom stereocenters. The molecule has 116 heavy (non-hydrogen) atoms. The molecule has 4 heterocycles. The van der Waals surface area contributed by atoms with Gasteiger partial charge in [0.2, 0.25) is 23.6 Å². The van der Waals surface area contributed by atoms with E-state index in [-0.39, 0.29) is 76.3 Å². The second-order valence-electron chi connectivity index (χ2n) is 31.8. The van der Waals surface area contributed by atoms with Gasteiger partial charge in [0.25, 0.3) is 0 Å². The third-order valence-corrected chi connectivity index (χ3v) is 25.7. The maximum absolute atomic E-state index is 13.8. The first-order chi connectivity index (χ1) is 56.0. The number of carbonyl (C=O) groups is 4. The summed E-state index contributed by atoms with van der Waals surface area (Å²) in [7, 11) is 0. The van der Waals surface area contributed by atoms with E-state index in [2.05, 4.69) is 41.2 Å². The van der Waals surface area contributed by atoms with E-state index >= 15 is 0 Å². The van der Waals surface area contributed by atoms with Gasteiger partial charge in [-0.25, -0.2) is 17.6 Å². The number of rotatable bonds is 16. The molecule has 16 rings (SSSR count). The fourth-order valence-electron chi connectivity index (χ4n) is 17.7. The van der Waals surface area contributed by atoms with Crippen LogP contribution in [0.5, 0.6) is 0 Å². The molecule has 0 saturated heterocycles. The quantitative estimate of drug-likeness (QED) is 0.0694. The van der Waals surface area contributed by atoms with Crippen LogP contribution in [0.4, 0.5) is 40.3 Å². The third-order valence-electron chi connectivity index (χ3n) is 24.7. The molecule has 0 radical (unpaired) electrons. The predicted octanol–water partition coefficient (Wildman–Crippen LogP) is 27.3. The van der Waals surface area contributed by atoms with Crippen LogP contribution in [0, 0.1) is 70.6 Å². The van der Waals surface area contributed by atoms with Crippen LogP contribution in [0.15, 0.2) is 219 Å². The Hall–Kier alpha value is -9.84. The lowest BCUT2D eigenvalue weighted by Crippen LogP contribution is -2.29. The van der Waals surface area contributed by atoms with Crippen molar-refractivity contribution in [3.63, 3.8) is 0 Å². The lowest BCUT2D eigenvalue weighted by Gasteiger charge is -2.32. The van der Waals surface area contributed by atoms with Gasteiger partial charge in [0.1, 0.15) is 23.3 Å². The van der Waals surface area contributed by atoms with E-state index in [0.29, 0.717) is 67.4 Å². The van der Waals surface area contributed by atoms with Crippen molar-refractivity contribution >= 4 is 136 Å². The van der Waals surface area contributed by atoms with Gasteiger partial charge in [-0.2, -0.15) is 0 Å². The maximum atomic E-state index is 13.8. The minimum Gasteiger partial charge on any atom is -0.326 e. The van der Waals surface area contributed by atoms with E-state index in [4.69, 9.17) is 46.4 Å². The predicted molar refractivity (Wildman–Crippen MR) is 471 cm³/mol. The number of fused-ring (bicyclic) bond motifs is 4. The average molecular weight is 1650 g/mol. The van der Waals surface area contributed by atoms with Crippen molar-refractivity contribution < 1.29 is 42.4 Å². The Kier molecular flexibility index (Phi) is 28.6. The molecule has 0 spiro atoms. The zero-order chi connectivity index (χ0) is 81.5. The number of amides is 4. The van der Waals surface area contributed by atoms with Crippen molar-refractivity contribution in [2.45, 2.75) is 154 Å². The van der Waals surface area contributed by atoms with Crippen molar-refractivity contribution in [3.05, 3.63) is 285 Å². The molecule has 4 aliphatic carbocycles. The van der Waals surface area contributed by atoms with Gasteiger partial charge in [-0.05, 0) is 366 Å². The van der Waals surface area contributed by atoms with Gasteiger partial charge < -0.3 is 21.3 Å². The first kappa shape index (κ1) is 84.1. The molecule has 20 heteroatoms. The van der Waals surface area contributed by atoms with E-state index in [1.807, 2.05) is 125 Å². The highest BCUT2D eigenvalue weighted by atomic mass is 35.5. The smallest absolute Gasteiger partial charge is 0.227 e. The lowest BCUT2D eigenvalue weighted by molar-refractivity contribution is -0.122. The molecule has 4 N–H and O–H groups in total. The van der Waals surface area contributed by atoms with Crippen LogP contribution in [-0.2, 0) is 19.2 Å². The topological polar surface area (TPSA) is 168 Å². The van der Waals surface area contributed by atoms with Crippen molar-refractivity contribution in [2.75, 3.05) is 21.3 Å². The molecule has 4 fully saturated rings. The summed E-state index contributed by atoms with van der Waals surface area (Å²) in [4.78, 5) is 68.1. The maximum Gasteiger partial charge on any atom is 0.227 e. The summed E-state index contributed by atoms with van der Waals surface area (Å²) in [5, 5.41) is 18.2. The molecule has 8 aromatic carbocycles. The van der Waals surface area contributed by atoms with Crippen molar-refractivity contribution in [1.29, 1.82) is 0 Å². The third kappa shape index (κ3) is 21.7. The largest absolute Gasteiger partial charge is 0.326 e. The number of halogens is 8. The summed E-state index contributed by atoms with van der Waals surface area (Å²) in [6.07, 6.45) is 23.1. The monoisotopic (exact) mass is 1640 g/mol. The van der Waals surface area contributed by atoms with Gasteiger partial charge in [0.05, 0.1) is 22.1 Å². The molecule has 4 atom stereocenters. The van der Waals surface area contributed by atoms with Crippen molar-refractivity contribution in [2.24, 2.45) is 47.3 Å². The van der Waals surface area contributed by atoms with Crippen LogP contribution in [-0.4, -0.2) is 43.6 Å². The van der Waals surface area contributed by atoms with Crippen molar-refractivity contribution in [1.82, 2.24) is 19.9 Å². The van der Waals surface area contributed by atoms with Gasteiger partial charge in [0, 0.05) is 119 Å². The number of anilines is 4. The van der Waals surface area contributed by atoms with Crippen LogP contribution in [0.3, 0.4) is 0 Å². The van der Waals surface area contributed by atoms with Gasteiger partial charge in [-0.3, -0.25) is 39.1 Å². The first-order valence-electron chi connectivity index (χ1n) is 40.5. The fourth-order valence-corrected chi connectivity index (χ4v) is 18.2. The molecule has 12 nitrogen and oxygen atoms in total. The fraction of sp³-hybridized carbons (Fsp3) is 0.333. The number of carbonyl (C=O) groups excluding carboxylic acids is 4. The standard InChI is InChI=1S/4C24H24ClFN2O.4H2/c4*1-15(24(29)28-20-9-6-18(25)7-10-20)16-2-4-17(5-3-16)21-12-13-27-23-11-8-19(26)14-22(21)23;;;;/h4*6-17H,2-5H2,1H3,(H,28,29);4*1H/t4*15-,16?,17?;;;;/m1100..../s1/i4*26-1;;;;. The zero-order valence-electron chi connectivity index (χ0n) is 65.5. The first-order valence-corrected chi connectivity index (χ1v) is 42.0. The Labute approximate surface area is 701 Å². The van der Waals surface area contributed by atoms with Gasteiger partial charge >= 0.3 is 0 Å². The Balaban J connectivity index is 0.000000180. The Morgan fingerprint density at radius 1 is 0.284 bits per heavy atom. The highest BCUT2D eigenvalue weighted by molar-refractivity contribution is 6.31. The Morgan fingerprint density at radius 2 is 0.466 bits per heavy atom. The molecule has 4 aromatic heterocycles. The van der Waals surface area contributed by atoms with Crippen LogP contribution >= 0.6 is 46.4 Å². The summed E-state index contributed by atoms with van der Waals surface area (Å²) >= 11 is 23.6. The molecule has 0 aliphatic heterocycles. The normalized spacial score (nSPS) is 20.4. The molecular formula is C96H104Cl4F4N8O4. The molecule has 4 amide bonds. The van der Waals surface area contributed by atoms with Gasteiger partial charge in [0.15, 0.2) is 0 Å². The van der Waals surface area contributed by atoms with E-state index in [1.54, 1.807) is 97.1 Å². The lowest BCUT2D eigenvalue weighted by atomic mass is 9.73. The summed E-state index contributed by atoms with van der Waals surface area (Å²) in [6, 6.07) is 55.9. The average Bonchev–Trinajstić information content (AvgIpc) is 0.807. The number of hydrogen-bond donors (Lipinski definition) is 4. The number of pyridine rings is 4. The number of nitrogens with zero attached hydrogens (tertiary/aromatic N) is 4. The zero-order valence-corrected chi connectivity index (χ0v) is 68.5. The van der Waals surface area contributed by atoms with E-state index in [9.17, 15) is 36.7 Å². The summed E-state index contributed by atoms with van der Waals surface area (Å²) in [6.45, 7) is 8.03. The van der Waals surface area contributed by atoms with Crippen molar-refractivity contribution in [3.8, 4) is 0 Å².